The summed E-state index contributed by atoms with van der Waals surface area (Å²) in [6.07, 6.45) is 0. The van der Waals surface area contributed by atoms with E-state index in [1.165, 1.54) is 0 Å². The van der Waals surface area contributed by atoms with Crippen molar-refractivity contribution in [2.45, 2.75) is 0 Å². The average Bonchev–Trinajstić information content (AvgIpc) is 0.918. The van der Waals surface area contributed by atoms with Crippen LogP contribution in [0.15, 0.2) is 0 Å². The molecule has 0 radical (unpaired) electrons. The minimum Gasteiger partial charge on any atom is -0.0149 e. The zero-order chi connectivity index (χ0) is 2.71. The molecule has 0 fully saturated rings. The van der Waals surface area contributed by atoms with Crippen molar-refractivity contribution < 1.29 is 13.4 Å². The molecule has 0 aliphatic rings. The van der Waals surface area contributed by atoms with E-state index < -0.39 is 0 Å². The second-order valence-electron chi connectivity index (χ2n) is 0.0583. The van der Waals surface area contributed by atoms with Crippen molar-refractivity contribution in [3.63, 3.8) is 0 Å². The Morgan fingerprint density at radius 3 is 1.25 bits per heavy atom. The molecule has 0 unspecified atom stereocenters. The standard InChI is InChI=1S/2ClH.Cr.H4Si/h2*1H;;1H4/q;;+2;/p-2. The van der Waals surface area contributed by atoms with E-state index in [1.807, 2.05) is 0 Å². The molecule has 4 heteroatoms. The van der Waals surface area contributed by atoms with E-state index in [4.69, 9.17) is 20.1 Å². The van der Waals surface area contributed by atoms with Gasteiger partial charge in [-0.3, -0.25) is 0 Å². The number of hydrogen-bond donors (Lipinski definition) is 0. The molecule has 0 spiro atoms. The minimum atomic E-state index is -0.181. The molecule has 0 aromatic carbocycles. The summed E-state index contributed by atoms with van der Waals surface area (Å²) in [7, 11) is 9.65. The first kappa shape index (κ1) is 9.01. The SMILES string of the molecule is [Cl][Cr][Cl].[SiH4]. The van der Waals surface area contributed by atoms with E-state index in [9.17, 15) is 0 Å². The van der Waals surface area contributed by atoms with E-state index in [-0.39, 0.29) is 24.3 Å². The van der Waals surface area contributed by atoms with Gasteiger partial charge < -0.3 is 0 Å². The monoisotopic (exact) mass is 154 g/mol. The molecule has 0 saturated heterocycles. The summed E-state index contributed by atoms with van der Waals surface area (Å²) in [5, 5.41) is 0. The topological polar surface area (TPSA) is 0 Å². The van der Waals surface area contributed by atoms with Crippen molar-refractivity contribution in [1.82, 2.24) is 0 Å². The van der Waals surface area contributed by atoms with Crippen LogP contribution in [0.2, 0.25) is 0 Å². The van der Waals surface area contributed by atoms with Crippen molar-refractivity contribution in [1.29, 1.82) is 0 Å². The van der Waals surface area contributed by atoms with Gasteiger partial charge >= 0.3 is 33.5 Å². The van der Waals surface area contributed by atoms with Gasteiger partial charge in [0.1, 0.15) is 0 Å². The zero-order valence-corrected chi connectivity index (χ0v) is 3.95. The van der Waals surface area contributed by atoms with Crippen LogP contribution in [0, 0.1) is 0 Å². The molecular formula is H4Cl2CrSi. The predicted molar refractivity (Wildman–Crippen MR) is 23.0 cm³/mol. The largest absolute Gasteiger partial charge is 0.0149 e. The summed E-state index contributed by atoms with van der Waals surface area (Å²) in [6, 6.07) is 0. The molecule has 0 aliphatic carbocycles. The van der Waals surface area contributed by atoms with Crippen LogP contribution in [0.1, 0.15) is 0 Å². The first-order valence-corrected chi connectivity index (χ1v) is 3.82. The molecule has 0 atom stereocenters. The van der Waals surface area contributed by atoms with Crippen LogP contribution in [-0.4, -0.2) is 11.0 Å². The van der Waals surface area contributed by atoms with Crippen LogP contribution < -0.4 is 0 Å². The van der Waals surface area contributed by atoms with Crippen molar-refractivity contribution in [3.8, 4) is 0 Å². The molecule has 0 nitrogen and oxygen atoms in total. The van der Waals surface area contributed by atoms with Gasteiger partial charge in [0.2, 0.25) is 0 Å². The predicted octanol–water partition coefficient (Wildman–Crippen LogP) is -0.0751. The maximum atomic E-state index is 4.83. The Morgan fingerprint density at radius 2 is 1.25 bits per heavy atom. The van der Waals surface area contributed by atoms with Crippen molar-refractivity contribution in [2.75, 3.05) is 0 Å². The Labute approximate surface area is 44.6 Å². The second kappa shape index (κ2) is 8.84. The second-order valence-corrected chi connectivity index (χ2v) is 2.16. The molecule has 0 bridgehead atoms. The Kier molecular flexibility index (Phi) is 19.9. The molecule has 4 heavy (non-hydrogen) atoms. The van der Waals surface area contributed by atoms with Crippen LogP contribution in [0.5, 0.6) is 0 Å². The molecule has 0 aromatic heterocycles. The van der Waals surface area contributed by atoms with Gasteiger partial charge in [-0.05, 0) is 11.0 Å². The zero-order valence-electron chi connectivity index (χ0n) is 1.16. The van der Waals surface area contributed by atoms with E-state index in [0.29, 0.717) is 0 Å². The quantitative estimate of drug-likeness (QED) is 0.429. The maximum absolute atomic E-state index is 4.83. The van der Waals surface area contributed by atoms with Crippen molar-refractivity contribution in [2.24, 2.45) is 0 Å². The molecule has 0 aliphatic heterocycles. The van der Waals surface area contributed by atoms with Crippen LogP contribution in [0.3, 0.4) is 0 Å². The molecular weight excluding hydrogens is 151 g/mol. The fraction of sp³-hybridized carbons (Fsp3) is 0. The third kappa shape index (κ3) is 10.2. The van der Waals surface area contributed by atoms with Gasteiger partial charge in [0, 0.05) is 0 Å². The molecule has 0 amide bonds. The molecule has 0 aromatic rings. The number of rotatable bonds is 0. The van der Waals surface area contributed by atoms with Gasteiger partial charge in [0.25, 0.3) is 0 Å². The van der Waals surface area contributed by atoms with E-state index in [0.717, 1.165) is 0 Å². The summed E-state index contributed by atoms with van der Waals surface area (Å²) < 4.78 is 0. The van der Waals surface area contributed by atoms with Gasteiger partial charge in [-0.2, -0.15) is 0 Å². The van der Waals surface area contributed by atoms with Crippen LogP contribution in [0.4, 0.5) is 0 Å². The van der Waals surface area contributed by atoms with Gasteiger partial charge in [0.05, 0.1) is 0 Å². The Hall–Kier alpha value is 1.33. The normalized spacial score (nSPS) is 4.50. The minimum absolute atomic E-state index is 0. The third-order valence-corrected chi connectivity index (χ3v) is 0. The summed E-state index contributed by atoms with van der Waals surface area (Å²) >= 11 is -0.181. The average molecular weight is 155 g/mol. The number of hydrogen-bond acceptors (Lipinski definition) is 0. The Morgan fingerprint density at radius 1 is 1.25 bits per heavy atom. The molecule has 0 heterocycles. The fourth-order valence-electron chi connectivity index (χ4n) is 0. The molecule has 28 valence electrons. The van der Waals surface area contributed by atoms with Crippen LogP contribution >= 0.6 is 20.1 Å². The van der Waals surface area contributed by atoms with Gasteiger partial charge in [0.15, 0.2) is 0 Å². The maximum Gasteiger partial charge on any atom is -0.0149 e. The first-order chi connectivity index (χ1) is 1.41. The van der Waals surface area contributed by atoms with E-state index >= 15 is 0 Å². The third-order valence-electron chi connectivity index (χ3n) is 0. The number of halogens is 2. The summed E-state index contributed by atoms with van der Waals surface area (Å²) in [4.78, 5) is 0. The van der Waals surface area contributed by atoms with E-state index in [2.05, 4.69) is 0 Å². The Bertz CT molecular complexity index is 6.00. The van der Waals surface area contributed by atoms with Gasteiger partial charge in [-0.25, -0.2) is 0 Å². The molecule has 0 saturated carbocycles. The van der Waals surface area contributed by atoms with Crippen molar-refractivity contribution >= 4 is 31.1 Å². The summed E-state index contributed by atoms with van der Waals surface area (Å²) in [5.74, 6) is 0. The van der Waals surface area contributed by atoms with Crippen LogP contribution in [0.25, 0.3) is 0 Å². The summed E-state index contributed by atoms with van der Waals surface area (Å²) in [6.45, 7) is 0. The fourth-order valence-corrected chi connectivity index (χ4v) is 0. The van der Waals surface area contributed by atoms with Crippen molar-refractivity contribution in [3.05, 3.63) is 0 Å². The smallest absolute Gasteiger partial charge is 0.0149 e. The van der Waals surface area contributed by atoms with Gasteiger partial charge in [-0.15, -0.1) is 0 Å². The summed E-state index contributed by atoms with van der Waals surface area (Å²) in [5.41, 5.74) is 0. The van der Waals surface area contributed by atoms with Gasteiger partial charge in [-0.1, -0.05) is 0 Å². The molecule has 0 N–H and O–H groups in total. The van der Waals surface area contributed by atoms with E-state index in [1.54, 1.807) is 0 Å². The Balaban J connectivity index is 0. The van der Waals surface area contributed by atoms with Crippen LogP contribution in [-0.2, 0) is 13.4 Å². The first-order valence-electron chi connectivity index (χ1n) is 0.309. The molecule has 0 rings (SSSR count).